The Morgan fingerprint density at radius 1 is 1.61 bits per heavy atom. The van der Waals surface area contributed by atoms with Crippen LogP contribution in [0, 0.1) is 10.1 Å². The van der Waals surface area contributed by atoms with Gasteiger partial charge in [0.15, 0.2) is 5.75 Å². The summed E-state index contributed by atoms with van der Waals surface area (Å²) in [6.07, 6.45) is 0.974. The molecule has 7 heteroatoms. The number of carbonyl (C=O) groups is 1. The van der Waals surface area contributed by atoms with Crippen LogP contribution in [0.3, 0.4) is 0 Å². The summed E-state index contributed by atoms with van der Waals surface area (Å²) in [5.41, 5.74) is 0.178. The number of nitrogens with zero attached hydrogens (tertiary/aromatic N) is 1. The lowest BCUT2D eigenvalue weighted by Crippen LogP contribution is -2.03. The summed E-state index contributed by atoms with van der Waals surface area (Å²) in [4.78, 5) is 20.5. The standard InChI is InChI=1S/C11H10ClNO5/c1-7(4-11(14)15)6-18-10-3-2-8(12)5-9(10)13(16)17/h2-5H,6H2,1H3,(H,14,15)/b7-4+. The maximum atomic E-state index is 10.8. The molecule has 0 aliphatic carbocycles. The van der Waals surface area contributed by atoms with Crippen LogP contribution in [0.1, 0.15) is 6.92 Å². The van der Waals surface area contributed by atoms with E-state index in [1.54, 1.807) is 6.92 Å². The first-order valence-corrected chi connectivity index (χ1v) is 5.25. The molecule has 0 saturated carbocycles. The van der Waals surface area contributed by atoms with Gasteiger partial charge in [-0.05, 0) is 24.6 Å². The first-order chi connectivity index (χ1) is 8.40. The Balaban J connectivity index is 2.85. The predicted octanol–water partition coefficient (Wildman–Crippen LogP) is 2.66. The van der Waals surface area contributed by atoms with E-state index in [2.05, 4.69) is 0 Å². The van der Waals surface area contributed by atoms with E-state index in [-0.39, 0.29) is 23.1 Å². The van der Waals surface area contributed by atoms with Crippen molar-refractivity contribution in [1.29, 1.82) is 0 Å². The number of aliphatic carboxylic acids is 1. The Morgan fingerprint density at radius 2 is 2.28 bits per heavy atom. The molecule has 96 valence electrons. The van der Waals surface area contributed by atoms with Gasteiger partial charge in [-0.15, -0.1) is 0 Å². The summed E-state index contributed by atoms with van der Waals surface area (Å²) in [5.74, 6) is -1.05. The number of nitro groups is 1. The number of carboxylic acids is 1. The minimum atomic E-state index is -1.10. The number of hydrogen-bond donors (Lipinski definition) is 1. The summed E-state index contributed by atoms with van der Waals surface area (Å²) in [6, 6.07) is 4.00. The Bertz CT molecular complexity index is 512. The van der Waals surface area contributed by atoms with Crippen molar-refractivity contribution in [3.8, 4) is 5.75 Å². The molecule has 0 unspecified atom stereocenters. The van der Waals surface area contributed by atoms with Gasteiger partial charge in [0.25, 0.3) is 0 Å². The van der Waals surface area contributed by atoms with E-state index in [0.717, 1.165) is 6.08 Å². The zero-order valence-electron chi connectivity index (χ0n) is 9.42. The molecule has 0 atom stereocenters. The fraction of sp³-hybridized carbons (Fsp3) is 0.182. The average Bonchev–Trinajstić information content (AvgIpc) is 2.26. The molecule has 1 N–H and O–H groups in total. The van der Waals surface area contributed by atoms with Crippen molar-refractivity contribution in [2.75, 3.05) is 6.61 Å². The zero-order chi connectivity index (χ0) is 13.7. The van der Waals surface area contributed by atoms with Crippen molar-refractivity contribution >= 4 is 23.3 Å². The van der Waals surface area contributed by atoms with Crippen LogP contribution in [0.25, 0.3) is 0 Å². The molecule has 1 rings (SSSR count). The van der Waals surface area contributed by atoms with Crippen LogP contribution in [0.5, 0.6) is 5.75 Å². The normalized spacial score (nSPS) is 11.1. The van der Waals surface area contributed by atoms with Crippen molar-refractivity contribution in [3.05, 3.63) is 45.0 Å². The Morgan fingerprint density at radius 3 is 2.83 bits per heavy atom. The first kappa shape index (κ1) is 14.0. The van der Waals surface area contributed by atoms with Crippen molar-refractivity contribution < 1.29 is 19.6 Å². The molecule has 0 aromatic heterocycles. The number of carboxylic acid groups (broad SMARTS) is 1. The van der Waals surface area contributed by atoms with Crippen LogP contribution in [0.4, 0.5) is 5.69 Å². The molecular weight excluding hydrogens is 262 g/mol. The highest BCUT2D eigenvalue weighted by Gasteiger charge is 2.15. The van der Waals surface area contributed by atoms with Crippen LogP contribution >= 0.6 is 11.6 Å². The van der Waals surface area contributed by atoms with Gasteiger partial charge >= 0.3 is 11.7 Å². The van der Waals surface area contributed by atoms with Crippen LogP contribution in [0.2, 0.25) is 5.02 Å². The monoisotopic (exact) mass is 271 g/mol. The van der Waals surface area contributed by atoms with Crippen molar-refractivity contribution in [2.24, 2.45) is 0 Å². The van der Waals surface area contributed by atoms with E-state index in [0.29, 0.717) is 5.57 Å². The maximum absolute atomic E-state index is 10.8. The number of rotatable bonds is 5. The minimum absolute atomic E-state index is 0.0440. The summed E-state index contributed by atoms with van der Waals surface area (Å²) in [5, 5.41) is 19.5. The van der Waals surface area contributed by atoms with E-state index in [9.17, 15) is 14.9 Å². The Kier molecular flexibility index (Phi) is 4.67. The molecule has 0 aliphatic rings. The molecule has 0 bridgehead atoms. The minimum Gasteiger partial charge on any atom is -0.482 e. The molecule has 0 spiro atoms. The number of benzene rings is 1. The summed E-state index contributed by atoms with van der Waals surface area (Å²) < 4.78 is 5.18. The van der Waals surface area contributed by atoms with Gasteiger partial charge in [-0.3, -0.25) is 10.1 Å². The SMILES string of the molecule is C/C(=C\C(=O)O)COc1ccc(Cl)cc1[N+](=O)[O-]. The highest BCUT2D eigenvalue weighted by atomic mass is 35.5. The third kappa shape index (κ3) is 4.06. The largest absolute Gasteiger partial charge is 0.482 e. The van der Waals surface area contributed by atoms with Gasteiger partial charge < -0.3 is 9.84 Å². The van der Waals surface area contributed by atoms with E-state index in [1.165, 1.54) is 18.2 Å². The van der Waals surface area contributed by atoms with Gasteiger partial charge in [-0.2, -0.15) is 0 Å². The van der Waals surface area contributed by atoms with Crippen molar-refractivity contribution in [2.45, 2.75) is 6.92 Å². The Labute approximate surface area is 108 Å². The van der Waals surface area contributed by atoms with E-state index < -0.39 is 10.9 Å². The molecule has 1 aromatic rings. The highest BCUT2D eigenvalue weighted by molar-refractivity contribution is 6.30. The van der Waals surface area contributed by atoms with Crippen LogP contribution in [0.15, 0.2) is 29.8 Å². The first-order valence-electron chi connectivity index (χ1n) is 4.87. The van der Waals surface area contributed by atoms with E-state index in [4.69, 9.17) is 21.4 Å². The number of halogens is 1. The van der Waals surface area contributed by atoms with Gasteiger partial charge in [0.05, 0.1) is 4.92 Å². The van der Waals surface area contributed by atoms with Crippen molar-refractivity contribution in [1.82, 2.24) is 0 Å². The molecule has 6 nitrogen and oxygen atoms in total. The number of ether oxygens (including phenoxy) is 1. The average molecular weight is 272 g/mol. The fourth-order valence-corrected chi connectivity index (χ4v) is 1.37. The van der Waals surface area contributed by atoms with Gasteiger partial charge in [-0.25, -0.2) is 4.79 Å². The molecule has 1 aromatic carbocycles. The molecule has 0 fully saturated rings. The Hall–Kier alpha value is -2.08. The second-order valence-corrected chi connectivity index (χ2v) is 3.92. The summed E-state index contributed by atoms with van der Waals surface area (Å²) in [7, 11) is 0. The maximum Gasteiger partial charge on any atom is 0.328 e. The van der Waals surface area contributed by atoms with Gasteiger partial charge in [0, 0.05) is 17.2 Å². The molecule has 0 heterocycles. The van der Waals surface area contributed by atoms with Crippen LogP contribution in [-0.4, -0.2) is 22.6 Å². The fourth-order valence-electron chi connectivity index (χ4n) is 1.20. The van der Waals surface area contributed by atoms with Crippen LogP contribution in [-0.2, 0) is 4.79 Å². The van der Waals surface area contributed by atoms with E-state index in [1.807, 2.05) is 0 Å². The molecule has 0 saturated heterocycles. The van der Waals surface area contributed by atoms with Gasteiger partial charge in [0.2, 0.25) is 0 Å². The topological polar surface area (TPSA) is 89.7 Å². The molecule has 0 amide bonds. The second-order valence-electron chi connectivity index (χ2n) is 3.49. The lowest BCUT2D eigenvalue weighted by molar-refractivity contribution is -0.385. The molecule has 0 radical (unpaired) electrons. The number of nitro benzene ring substituents is 1. The van der Waals surface area contributed by atoms with E-state index >= 15 is 0 Å². The third-order valence-corrected chi connectivity index (χ3v) is 2.18. The quantitative estimate of drug-likeness (QED) is 0.505. The molecular formula is C11H10ClNO5. The smallest absolute Gasteiger partial charge is 0.328 e. The highest BCUT2D eigenvalue weighted by Crippen LogP contribution is 2.30. The lowest BCUT2D eigenvalue weighted by Gasteiger charge is -2.06. The van der Waals surface area contributed by atoms with Gasteiger partial charge in [-0.1, -0.05) is 11.6 Å². The number of hydrogen-bond acceptors (Lipinski definition) is 4. The molecule has 18 heavy (non-hydrogen) atoms. The second kappa shape index (κ2) is 6.02. The predicted molar refractivity (Wildman–Crippen MR) is 65.0 cm³/mol. The van der Waals surface area contributed by atoms with Crippen molar-refractivity contribution in [3.63, 3.8) is 0 Å². The van der Waals surface area contributed by atoms with Crippen LogP contribution < -0.4 is 4.74 Å². The summed E-state index contributed by atoms with van der Waals surface area (Å²) in [6.45, 7) is 1.50. The zero-order valence-corrected chi connectivity index (χ0v) is 10.2. The lowest BCUT2D eigenvalue weighted by atomic mass is 10.3. The van der Waals surface area contributed by atoms with Gasteiger partial charge in [0.1, 0.15) is 6.61 Å². The molecule has 0 aliphatic heterocycles. The third-order valence-electron chi connectivity index (χ3n) is 1.94. The summed E-state index contributed by atoms with van der Waals surface area (Å²) >= 11 is 5.64.